The number of carbonyl (C=O) groups excluding carboxylic acids is 1. The average molecular weight is 337 g/mol. The Kier molecular flexibility index (Phi) is 4.52. The molecular formula is C19H19N3O3. The third kappa shape index (κ3) is 3.38. The summed E-state index contributed by atoms with van der Waals surface area (Å²) >= 11 is 0. The zero-order valence-corrected chi connectivity index (χ0v) is 14.4. The van der Waals surface area contributed by atoms with Gasteiger partial charge in [-0.05, 0) is 62.7 Å². The van der Waals surface area contributed by atoms with Crippen LogP contribution >= 0.6 is 0 Å². The Bertz CT molecular complexity index is 991. The number of hydrogen-bond acceptors (Lipinski definition) is 4. The Morgan fingerprint density at radius 3 is 2.60 bits per heavy atom. The SMILES string of the molecule is CCOc1ccc(C(=O)Nc2c(C)nc3cc(C)ccn3c2=O)cc1. The van der Waals surface area contributed by atoms with E-state index in [1.807, 2.05) is 26.0 Å². The van der Waals surface area contributed by atoms with Gasteiger partial charge in [-0.15, -0.1) is 0 Å². The molecule has 0 saturated heterocycles. The van der Waals surface area contributed by atoms with E-state index in [2.05, 4.69) is 10.3 Å². The van der Waals surface area contributed by atoms with Crippen LogP contribution in [0.5, 0.6) is 5.75 Å². The summed E-state index contributed by atoms with van der Waals surface area (Å²) < 4.78 is 6.78. The molecule has 1 amide bonds. The molecule has 128 valence electrons. The Morgan fingerprint density at radius 1 is 1.20 bits per heavy atom. The Balaban J connectivity index is 1.93. The number of aromatic nitrogens is 2. The second-order valence-corrected chi connectivity index (χ2v) is 5.72. The summed E-state index contributed by atoms with van der Waals surface area (Å²) in [6.45, 7) is 6.09. The summed E-state index contributed by atoms with van der Waals surface area (Å²) in [6, 6.07) is 10.4. The molecule has 1 N–H and O–H groups in total. The molecule has 0 unspecified atom stereocenters. The highest BCUT2D eigenvalue weighted by Gasteiger charge is 2.14. The molecule has 3 rings (SSSR count). The number of nitrogens with zero attached hydrogens (tertiary/aromatic N) is 2. The van der Waals surface area contributed by atoms with Crippen molar-refractivity contribution in [3.05, 3.63) is 69.8 Å². The largest absolute Gasteiger partial charge is 0.494 e. The van der Waals surface area contributed by atoms with Crippen LogP contribution < -0.4 is 15.6 Å². The van der Waals surface area contributed by atoms with Gasteiger partial charge in [-0.3, -0.25) is 14.0 Å². The number of nitrogens with one attached hydrogen (secondary N) is 1. The molecule has 0 saturated carbocycles. The van der Waals surface area contributed by atoms with E-state index in [4.69, 9.17) is 4.74 Å². The lowest BCUT2D eigenvalue weighted by Gasteiger charge is -2.10. The first-order valence-corrected chi connectivity index (χ1v) is 8.03. The van der Waals surface area contributed by atoms with Crippen LogP contribution in [0, 0.1) is 13.8 Å². The third-order valence-corrected chi connectivity index (χ3v) is 3.83. The number of ether oxygens (including phenoxy) is 1. The first-order chi connectivity index (χ1) is 12.0. The minimum absolute atomic E-state index is 0.181. The van der Waals surface area contributed by atoms with Gasteiger partial charge in [0, 0.05) is 11.8 Å². The number of pyridine rings is 1. The van der Waals surface area contributed by atoms with Crippen molar-refractivity contribution in [2.24, 2.45) is 0 Å². The van der Waals surface area contributed by atoms with Gasteiger partial charge in [0.2, 0.25) is 0 Å². The van der Waals surface area contributed by atoms with Gasteiger partial charge < -0.3 is 10.1 Å². The molecule has 3 aromatic rings. The van der Waals surface area contributed by atoms with Gasteiger partial charge in [0.15, 0.2) is 0 Å². The molecule has 2 heterocycles. The Labute approximate surface area is 145 Å². The number of benzene rings is 1. The highest BCUT2D eigenvalue weighted by molar-refractivity contribution is 6.04. The lowest BCUT2D eigenvalue weighted by atomic mass is 10.2. The van der Waals surface area contributed by atoms with Crippen molar-refractivity contribution in [2.45, 2.75) is 20.8 Å². The van der Waals surface area contributed by atoms with Crippen molar-refractivity contribution >= 4 is 17.2 Å². The van der Waals surface area contributed by atoms with E-state index in [0.29, 0.717) is 29.3 Å². The lowest BCUT2D eigenvalue weighted by Crippen LogP contribution is -2.25. The Morgan fingerprint density at radius 2 is 1.92 bits per heavy atom. The van der Waals surface area contributed by atoms with Crippen LogP contribution in [0.3, 0.4) is 0 Å². The summed E-state index contributed by atoms with van der Waals surface area (Å²) in [7, 11) is 0. The van der Waals surface area contributed by atoms with Crippen LogP contribution in [0.4, 0.5) is 5.69 Å². The predicted molar refractivity (Wildman–Crippen MR) is 96.5 cm³/mol. The molecule has 2 aromatic heterocycles. The van der Waals surface area contributed by atoms with Crippen LogP contribution in [0.15, 0.2) is 47.4 Å². The second kappa shape index (κ2) is 6.76. The lowest BCUT2D eigenvalue weighted by molar-refractivity contribution is 0.102. The minimum Gasteiger partial charge on any atom is -0.494 e. The van der Waals surface area contributed by atoms with Crippen molar-refractivity contribution in [3.63, 3.8) is 0 Å². The molecule has 0 radical (unpaired) electrons. The Hall–Kier alpha value is -3.15. The molecule has 0 aliphatic carbocycles. The quantitative estimate of drug-likeness (QED) is 0.794. The molecule has 0 spiro atoms. The molecule has 0 aliphatic heterocycles. The summed E-state index contributed by atoms with van der Waals surface area (Å²) in [4.78, 5) is 29.5. The normalized spacial score (nSPS) is 10.7. The van der Waals surface area contributed by atoms with Gasteiger partial charge in [-0.25, -0.2) is 4.98 Å². The highest BCUT2D eigenvalue weighted by atomic mass is 16.5. The van der Waals surface area contributed by atoms with Gasteiger partial charge in [0.25, 0.3) is 11.5 Å². The third-order valence-electron chi connectivity index (χ3n) is 3.83. The number of carbonyl (C=O) groups is 1. The highest BCUT2D eigenvalue weighted by Crippen LogP contribution is 2.15. The smallest absolute Gasteiger partial charge is 0.281 e. The van der Waals surface area contributed by atoms with E-state index in [-0.39, 0.29) is 17.2 Å². The zero-order valence-electron chi connectivity index (χ0n) is 14.4. The van der Waals surface area contributed by atoms with Crippen molar-refractivity contribution in [1.29, 1.82) is 0 Å². The summed E-state index contributed by atoms with van der Waals surface area (Å²) in [5, 5.41) is 2.68. The number of rotatable bonds is 4. The van der Waals surface area contributed by atoms with E-state index in [1.54, 1.807) is 37.4 Å². The maximum atomic E-state index is 12.7. The van der Waals surface area contributed by atoms with E-state index in [1.165, 1.54) is 4.40 Å². The number of fused-ring (bicyclic) bond motifs is 1. The standard InChI is InChI=1S/C19H19N3O3/c1-4-25-15-7-5-14(6-8-15)18(23)21-17-13(3)20-16-11-12(2)9-10-22(16)19(17)24/h5-11H,4H2,1-3H3,(H,21,23). The molecule has 6 heteroatoms. The second-order valence-electron chi connectivity index (χ2n) is 5.72. The van der Waals surface area contributed by atoms with E-state index in [0.717, 1.165) is 5.56 Å². The van der Waals surface area contributed by atoms with Crippen molar-refractivity contribution in [2.75, 3.05) is 11.9 Å². The molecule has 0 aliphatic rings. The van der Waals surface area contributed by atoms with Crippen LogP contribution in [0.2, 0.25) is 0 Å². The summed E-state index contributed by atoms with van der Waals surface area (Å²) in [5.41, 5.74) is 2.37. The van der Waals surface area contributed by atoms with Gasteiger partial charge in [0.1, 0.15) is 17.1 Å². The number of aryl methyl sites for hydroxylation is 2. The van der Waals surface area contributed by atoms with Crippen molar-refractivity contribution in [3.8, 4) is 5.75 Å². The summed E-state index contributed by atoms with van der Waals surface area (Å²) in [6.07, 6.45) is 1.66. The molecule has 25 heavy (non-hydrogen) atoms. The number of anilines is 1. The number of hydrogen-bond donors (Lipinski definition) is 1. The van der Waals surface area contributed by atoms with Gasteiger partial charge in [-0.2, -0.15) is 0 Å². The van der Waals surface area contributed by atoms with E-state index >= 15 is 0 Å². The number of amides is 1. The van der Waals surface area contributed by atoms with Gasteiger partial charge in [-0.1, -0.05) is 0 Å². The predicted octanol–water partition coefficient (Wildman–Crippen LogP) is 2.96. The average Bonchev–Trinajstić information content (AvgIpc) is 2.59. The molecule has 0 atom stereocenters. The minimum atomic E-state index is -0.364. The fourth-order valence-corrected chi connectivity index (χ4v) is 2.55. The molecular weight excluding hydrogens is 318 g/mol. The monoisotopic (exact) mass is 337 g/mol. The fourth-order valence-electron chi connectivity index (χ4n) is 2.55. The van der Waals surface area contributed by atoms with Crippen molar-refractivity contribution in [1.82, 2.24) is 9.38 Å². The first-order valence-electron chi connectivity index (χ1n) is 8.03. The van der Waals surface area contributed by atoms with Gasteiger partial charge in [0.05, 0.1) is 12.3 Å². The maximum absolute atomic E-state index is 12.7. The zero-order chi connectivity index (χ0) is 18.0. The molecule has 0 bridgehead atoms. The molecule has 1 aromatic carbocycles. The van der Waals surface area contributed by atoms with Gasteiger partial charge >= 0.3 is 0 Å². The molecule has 0 fully saturated rings. The van der Waals surface area contributed by atoms with Crippen LogP contribution in [0.25, 0.3) is 5.65 Å². The van der Waals surface area contributed by atoms with Crippen LogP contribution in [-0.2, 0) is 0 Å². The van der Waals surface area contributed by atoms with Crippen LogP contribution in [-0.4, -0.2) is 21.9 Å². The first kappa shape index (κ1) is 16.7. The fraction of sp³-hybridized carbons (Fsp3) is 0.211. The molecule has 6 nitrogen and oxygen atoms in total. The topological polar surface area (TPSA) is 72.7 Å². The summed E-state index contributed by atoms with van der Waals surface area (Å²) in [5.74, 6) is 0.329. The van der Waals surface area contributed by atoms with Crippen molar-refractivity contribution < 1.29 is 9.53 Å². The van der Waals surface area contributed by atoms with Crippen LogP contribution in [0.1, 0.15) is 28.5 Å². The maximum Gasteiger partial charge on any atom is 0.281 e. The van der Waals surface area contributed by atoms with E-state index < -0.39 is 0 Å². The van der Waals surface area contributed by atoms with E-state index in [9.17, 15) is 9.59 Å².